The average molecular weight is 254 g/mol. The Labute approximate surface area is 115 Å². The van der Waals surface area contributed by atoms with Crippen LogP contribution in [0, 0.1) is 0 Å². The number of hydrogen-bond donors (Lipinski definition) is 0. The van der Waals surface area contributed by atoms with Crippen molar-refractivity contribution in [3.63, 3.8) is 0 Å². The van der Waals surface area contributed by atoms with E-state index in [1.807, 2.05) is 0 Å². The summed E-state index contributed by atoms with van der Waals surface area (Å²) in [5.41, 5.74) is 0. The predicted octanol–water partition coefficient (Wildman–Crippen LogP) is 3.76. The van der Waals surface area contributed by atoms with Gasteiger partial charge in [0.15, 0.2) is 0 Å². The molecule has 1 atom stereocenters. The number of unbranched alkanes of at least 4 members (excludes halogenated alkanes) is 2. The van der Waals surface area contributed by atoms with E-state index in [2.05, 4.69) is 30.6 Å². The molecule has 0 bridgehead atoms. The lowest BCUT2D eigenvalue weighted by Gasteiger charge is -2.33. The van der Waals surface area contributed by atoms with Gasteiger partial charge in [0.25, 0.3) is 0 Å². The Hall–Kier alpha value is -0.0800. The number of hydrogen-bond acceptors (Lipinski definition) is 2. The molecule has 1 unspecified atom stereocenters. The van der Waals surface area contributed by atoms with Crippen LogP contribution in [0.15, 0.2) is 0 Å². The van der Waals surface area contributed by atoms with E-state index in [1.165, 1.54) is 77.7 Å². The van der Waals surface area contributed by atoms with Crippen LogP contribution in [0.25, 0.3) is 0 Å². The third kappa shape index (κ3) is 6.19. The van der Waals surface area contributed by atoms with Crippen molar-refractivity contribution in [1.82, 2.24) is 9.80 Å². The van der Waals surface area contributed by atoms with E-state index in [0.717, 1.165) is 6.04 Å². The van der Waals surface area contributed by atoms with Gasteiger partial charge in [-0.3, -0.25) is 0 Å². The third-order valence-electron chi connectivity index (χ3n) is 4.40. The zero-order valence-electron chi connectivity index (χ0n) is 13.0. The molecule has 1 rings (SSSR count). The molecule has 2 nitrogen and oxygen atoms in total. The first-order chi connectivity index (χ1) is 8.77. The van der Waals surface area contributed by atoms with Crippen molar-refractivity contribution in [3.05, 3.63) is 0 Å². The number of piperidine rings is 1. The second kappa shape index (κ2) is 9.80. The number of rotatable bonds is 9. The van der Waals surface area contributed by atoms with Crippen LogP contribution in [-0.2, 0) is 0 Å². The molecule has 0 saturated carbocycles. The predicted molar refractivity (Wildman–Crippen MR) is 81.1 cm³/mol. The summed E-state index contributed by atoms with van der Waals surface area (Å²) in [4.78, 5) is 5.33. The van der Waals surface area contributed by atoms with Crippen LogP contribution in [0.4, 0.5) is 0 Å². The monoisotopic (exact) mass is 254 g/mol. The van der Waals surface area contributed by atoms with Gasteiger partial charge < -0.3 is 9.80 Å². The lowest BCUT2D eigenvalue weighted by atomic mass is 10.1. The highest BCUT2D eigenvalue weighted by Crippen LogP contribution is 2.14. The highest BCUT2D eigenvalue weighted by atomic mass is 15.2. The van der Waals surface area contributed by atoms with Crippen LogP contribution in [0.5, 0.6) is 0 Å². The summed E-state index contributed by atoms with van der Waals surface area (Å²) >= 11 is 0. The van der Waals surface area contributed by atoms with Crippen LogP contribution in [0.3, 0.4) is 0 Å². The Morgan fingerprint density at radius 2 is 1.72 bits per heavy atom. The zero-order valence-corrected chi connectivity index (χ0v) is 13.0. The molecule has 1 aliphatic rings. The highest BCUT2D eigenvalue weighted by molar-refractivity contribution is 4.72. The standard InChI is InChI=1S/C16H34N2/c1-4-6-8-12-17(5-2)15-11-16(3)18-13-9-7-10-14-18/h16H,4-15H2,1-3H3. The molecular formula is C16H34N2. The SMILES string of the molecule is CCCCCN(CC)CCC(C)N1CCCCC1. The topological polar surface area (TPSA) is 6.48 Å². The maximum Gasteiger partial charge on any atom is 0.00791 e. The number of nitrogens with zero attached hydrogens (tertiary/aromatic N) is 2. The van der Waals surface area contributed by atoms with Gasteiger partial charge in [0.2, 0.25) is 0 Å². The molecule has 0 radical (unpaired) electrons. The molecule has 0 aliphatic carbocycles. The average Bonchev–Trinajstić information content (AvgIpc) is 2.43. The van der Waals surface area contributed by atoms with Gasteiger partial charge in [-0.05, 0) is 65.3 Å². The van der Waals surface area contributed by atoms with Crippen molar-refractivity contribution in [3.8, 4) is 0 Å². The summed E-state index contributed by atoms with van der Waals surface area (Å²) in [5.74, 6) is 0. The van der Waals surface area contributed by atoms with E-state index >= 15 is 0 Å². The fourth-order valence-electron chi connectivity index (χ4n) is 2.92. The molecule has 2 heteroatoms. The van der Waals surface area contributed by atoms with Crippen LogP contribution >= 0.6 is 0 Å². The summed E-state index contributed by atoms with van der Waals surface area (Å²) in [7, 11) is 0. The summed E-state index contributed by atoms with van der Waals surface area (Å²) in [6.07, 6.45) is 9.72. The van der Waals surface area contributed by atoms with Gasteiger partial charge in [0, 0.05) is 6.04 Å². The summed E-state index contributed by atoms with van der Waals surface area (Å²) in [6.45, 7) is 13.5. The van der Waals surface area contributed by atoms with Crippen LogP contribution in [0.1, 0.15) is 65.7 Å². The van der Waals surface area contributed by atoms with Gasteiger partial charge >= 0.3 is 0 Å². The summed E-state index contributed by atoms with van der Waals surface area (Å²) in [6, 6.07) is 0.783. The van der Waals surface area contributed by atoms with Gasteiger partial charge in [0.05, 0.1) is 0 Å². The lowest BCUT2D eigenvalue weighted by molar-refractivity contribution is 0.150. The molecule has 1 fully saturated rings. The molecule has 1 aliphatic heterocycles. The minimum atomic E-state index is 0.783. The van der Waals surface area contributed by atoms with Gasteiger partial charge in [-0.1, -0.05) is 33.1 Å². The van der Waals surface area contributed by atoms with Crippen LogP contribution < -0.4 is 0 Å². The molecule has 18 heavy (non-hydrogen) atoms. The fourth-order valence-corrected chi connectivity index (χ4v) is 2.92. The third-order valence-corrected chi connectivity index (χ3v) is 4.40. The van der Waals surface area contributed by atoms with Crippen molar-refractivity contribution >= 4 is 0 Å². The summed E-state index contributed by atoms with van der Waals surface area (Å²) in [5, 5.41) is 0. The number of likely N-dealkylation sites (tertiary alicyclic amines) is 1. The van der Waals surface area contributed by atoms with Crippen LogP contribution in [-0.4, -0.2) is 48.6 Å². The largest absolute Gasteiger partial charge is 0.304 e. The Morgan fingerprint density at radius 3 is 2.33 bits per heavy atom. The first kappa shape index (κ1) is 16.0. The maximum absolute atomic E-state index is 2.70. The van der Waals surface area contributed by atoms with Gasteiger partial charge in [-0.25, -0.2) is 0 Å². The zero-order chi connectivity index (χ0) is 13.2. The van der Waals surface area contributed by atoms with Crippen molar-refractivity contribution in [2.75, 3.05) is 32.7 Å². The smallest absolute Gasteiger partial charge is 0.00791 e. The van der Waals surface area contributed by atoms with E-state index in [4.69, 9.17) is 0 Å². The van der Waals surface area contributed by atoms with E-state index in [0.29, 0.717) is 0 Å². The van der Waals surface area contributed by atoms with Crippen LogP contribution in [0.2, 0.25) is 0 Å². The van der Waals surface area contributed by atoms with Gasteiger partial charge in [0.1, 0.15) is 0 Å². The van der Waals surface area contributed by atoms with Gasteiger partial charge in [-0.15, -0.1) is 0 Å². The molecule has 0 aromatic rings. The first-order valence-corrected chi connectivity index (χ1v) is 8.24. The van der Waals surface area contributed by atoms with Crippen molar-refractivity contribution < 1.29 is 0 Å². The van der Waals surface area contributed by atoms with Crippen molar-refractivity contribution in [2.24, 2.45) is 0 Å². The second-order valence-corrected chi connectivity index (χ2v) is 5.88. The molecule has 0 N–H and O–H groups in total. The van der Waals surface area contributed by atoms with E-state index in [-0.39, 0.29) is 0 Å². The van der Waals surface area contributed by atoms with Crippen molar-refractivity contribution in [1.29, 1.82) is 0 Å². The molecule has 0 spiro atoms. The van der Waals surface area contributed by atoms with Gasteiger partial charge in [-0.2, -0.15) is 0 Å². The molecule has 0 aromatic carbocycles. The maximum atomic E-state index is 2.70. The Bertz CT molecular complexity index is 188. The summed E-state index contributed by atoms with van der Waals surface area (Å²) < 4.78 is 0. The Morgan fingerprint density at radius 1 is 1.00 bits per heavy atom. The molecular weight excluding hydrogens is 220 g/mol. The minimum absolute atomic E-state index is 0.783. The van der Waals surface area contributed by atoms with E-state index in [1.54, 1.807) is 0 Å². The molecule has 0 amide bonds. The normalized spacial score (nSPS) is 19.3. The quantitative estimate of drug-likeness (QED) is 0.578. The molecule has 108 valence electrons. The lowest BCUT2D eigenvalue weighted by Crippen LogP contribution is -2.39. The molecule has 0 aromatic heterocycles. The minimum Gasteiger partial charge on any atom is -0.304 e. The second-order valence-electron chi connectivity index (χ2n) is 5.88. The van der Waals surface area contributed by atoms with Crippen molar-refractivity contribution in [2.45, 2.75) is 71.8 Å². The highest BCUT2D eigenvalue weighted by Gasteiger charge is 2.16. The van der Waals surface area contributed by atoms with E-state index < -0.39 is 0 Å². The fraction of sp³-hybridized carbons (Fsp3) is 1.00. The molecule has 1 heterocycles. The van der Waals surface area contributed by atoms with E-state index in [9.17, 15) is 0 Å². The Balaban J connectivity index is 2.15. The Kier molecular flexibility index (Phi) is 8.70. The first-order valence-electron chi connectivity index (χ1n) is 8.24. The molecule has 1 saturated heterocycles.